The van der Waals surface area contributed by atoms with Gasteiger partial charge in [-0.3, -0.25) is 4.79 Å². The number of halogens is 1. The third-order valence-electron chi connectivity index (χ3n) is 3.46. The normalized spacial score (nSPS) is 11.3. The highest BCUT2D eigenvalue weighted by Gasteiger charge is 2.13. The summed E-state index contributed by atoms with van der Waals surface area (Å²) in [5.41, 5.74) is 1.50. The van der Waals surface area contributed by atoms with Gasteiger partial charge in [-0.2, -0.15) is 5.10 Å². The van der Waals surface area contributed by atoms with E-state index >= 15 is 0 Å². The molecule has 1 heterocycles. The van der Waals surface area contributed by atoms with Gasteiger partial charge in [-0.05, 0) is 23.1 Å². The Balaban J connectivity index is 1.91. The second kappa shape index (κ2) is 7.04. The second-order valence-electron chi connectivity index (χ2n) is 6.35. The molecule has 0 saturated heterocycles. The molecule has 124 valence electrons. The monoisotopic (exact) mass is 335 g/mol. The molecule has 23 heavy (non-hydrogen) atoms. The molecule has 0 saturated carbocycles. The number of hydrogen-bond donors (Lipinski definition) is 1. The summed E-state index contributed by atoms with van der Waals surface area (Å²) in [4.78, 5) is 11.7. The van der Waals surface area contributed by atoms with E-state index in [0.717, 1.165) is 5.75 Å². The average molecular weight is 336 g/mol. The first-order valence-corrected chi connectivity index (χ1v) is 7.86. The van der Waals surface area contributed by atoms with Crippen LogP contribution in [0, 0.1) is 0 Å². The van der Waals surface area contributed by atoms with Gasteiger partial charge in [0.25, 0.3) is 5.56 Å². The van der Waals surface area contributed by atoms with Crippen molar-refractivity contribution in [3.05, 3.63) is 51.4 Å². The molecule has 5 nitrogen and oxygen atoms in total. The number of ether oxygens (including phenoxy) is 1. The molecule has 1 N–H and O–H groups in total. The molecule has 2 rings (SSSR count). The van der Waals surface area contributed by atoms with E-state index in [-0.39, 0.29) is 16.0 Å². The number of anilines is 1. The fourth-order valence-electron chi connectivity index (χ4n) is 2.04. The molecule has 0 aliphatic carbocycles. The summed E-state index contributed by atoms with van der Waals surface area (Å²) in [6.07, 6.45) is 1.53. The number of benzene rings is 1. The van der Waals surface area contributed by atoms with Crippen LogP contribution in [-0.2, 0) is 12.5 Å². The summed E-state index contributed by atoms with van der Waals surface area (Å²) in [7, 11) is 1.56. The smallest absolute Gasteiger partial charge is 0.287 e. The highest BCUT2D eigenvalue weighted by molar-refractivity contribution is 6.32. The third-order valence-corrected chi connectivity index (χ3v) is 3.83. The van der Waals surface area contributed by atoms with Gasteiger partial charge in [-0.15, -0.1) is 0 Å². The number of nitrogens with one attached hydrogen (secondary N) is 1. The van der Waals surface area contributed by atoms with Crippen molar-refractivity contribution in [2.24, 2.45) is 7.05 Å². The van der Waals surface area contributed by atoms with Crippen LogP contribution >= 0.6 is 11.6 Å². The van der Waals surface area contributed by atoms with Crippen molar-refractivity contribution >= 4 is 17.3 Å². The molecule has 0 bridgehead atoms. The summed E-state index contributed by atoms with van der Waals surface area (Å²) in [5.74, 6) is 0.826. The van der Waals surface area contributed by atoms with Crippen molar-refractivity contribution in [2.45, 2.75) is 26.2 Å². The van der Waals surface area contributed by atoms with Crippen molar-refractivity contribution in [1.82, 2.24) is 9.78 Å². The van der Waals surface area contributed by atoms with E-state index in [4.69, 9.17) is 16.3 Å². The van der Waals surface area contributed by atoms with Crippen LogP contribution in [0.4, 0.5) is 5.69 Å². The Morgan fingerprint density at radius 1 is 1.35 bits per heavy atom. The number of aryl methyl sites for hydroxylation is 1. The number of nitrogens with zero attached hydrogens (tertiary/aromatic N) is 2. The fraction of sp³-hybridized carbons (Fsp3) is 0.412. The zero-order valence-corrected chi connectivity index (χ0v) is 14.6. The van der Waals surface area contributed by atoms with Crippen LogP contribution in [0.3, 0.4) is 0 Å². The van der Waals surface area contributed by atoms with E-state index in [1.807, 2.05) is 18.2 Å². The Morgan fingerprint density at radius 2 is 2.09 bits per heavy atom. The minimum absolute atomic E-state index is 0.0842. The number of hydrogen-bond acceptors (Lipinski definition) is 4. The van der Waals surface area contributed by atoms with Crippen molar-refractivity contribution in [2.75, 3.05) is 18.5 Å². The van der Waals surface area contributed by atoms with E-state index in [0.29, 0.717) is 18.8 Å². The lowest BCUT2D eigenvalue weighted by atomic mass is 9.87. The molecule has 0 amide bonds. The molecule has 0 unspecified atom stereocenters. The van der Waals surface area contributed by atoms with Gasteiger partial charge in [0, 0.05) is 13.6 Å². The Kier molecular flexibility index (Phi) is 5.31. The first kappa shape index (κ1) is 17.3. The highest BCUT2D eigenvalue weighted by Crippen LogP contribution is 2.25. The van der Waals surface area contributed by atoms with Crippen molar-refractivity contribution < 1.29 is 4.74 Å². The first-order chi connectivity index (χ1) is 10.8. The lowest BCUT2D eigenvalue weighted by Crippen LogP contribution is -2.22. The average Bonchev–Trinajstić information content (AvgIpc) is 2.50. The fourth-order valence-corrected chi connectivity index (χ4v) is 2.28. The van der Waals surface area contributed by atoms with Crippen LogP contribution in [0.5, 0.6) is 5.75 Å². The number of aromatic nitrogens is 2. The topological polar surface area (TPSA) is 56.1 Å². The van der Waals surface area contributed by atoms with Gasteiger partial charge in [-0.1, -0.05) is 44.5 Å². The zero-order chi connectivity index (χ0) is 17.0. The van der Waals surface area contributed by atoms with E-state index in [1.54, 1.807) is 7.05 Å². The molecule has 1 aromatic carbocycles. The first-order valence-electron chi connectivity index (χ1n) is 7.48. The Hall–Kier alpha value is -2.01. The van der Waals surface area contributed by atoms with Crippen LogP contribution in [0.15, 0.2) is 35.3 Å². The lowest BCUT2D eigenvalue weighted by Gasteiger charge is -2.19. The highest BCUT2D eigenvalue weighted by atomic mass is 35.5. The maximum atomic E-state index is 11.7. The summed E-state index contributed by atoms with van der Waals surface area (Å²) < 4.78 is 6.94. The van der Waals surface area contributed by atoms with Gasteiger partial charge in [0.1, 0.15) is 17.4 Å². The van der Waals surface area contributed by atoms with Gasteiger partial charge in [-0.25, -0.2) is 4.68 Å². The van der Waals surface area contributed by atoms with Crippen LogP contribution < -0.4 is 15.6 Å². The minimum atomic E-state index is -0.324. The quantitative estimate of drug-likeness (QED) is 0.852. The van der Waals surface area contributed by atoms with Gasteiger partial charge in [0.15, 0.2) is 0 Å². The molecule has 0 aliphatic rings. The molecular weight excluding hydrogens is 314 g/mol. The predicted octanol–water partition coefficient (Wildman–Crippen LogP) is 3.22. The Bertz CT molecular complexity index is 735. The molecule has 2 aromatic rings. The maximum Gasteiger partial charge on any atom is 0.287 e. The van der Waals surface area contributed by atoms with Gasteiger partial charge in [0.2, 0.25) is 0 Å². The molecular formula is C17H22ClN3O2. The Labute approximate surface area is 141 Å². The van der Waals surface area contributed by atoms with E-state index in [2.05, 4.69) is 37.3 Å². The van der Waals surface area contributed by atoms with Crippen LogP contribution in [0.1, 0.15) is 26.3 Å². The van der Waals surface area contributed by atoms with Crippen LogP contribution in [0.25, 0.3) is 0 Å². The van der Waals surface area contributed by atoms with E-state index < -0.39 is 0 Å². The second-order valence-corrected chi connectivity index (χ2v) is 6.73. The lowest BCUT2D eigenvalue weighted by molar-refractivity contribution is 0.332. The van der Waals surface area contributed by atoms with Crippen molar-refractivity contribution in [3.63, 3.8) is 0 Å². The molecule has 0 fully saturated rings. The van der Waals surface area contributed by atoms with Gasteiger partial charge in [0.05, 0.1) is 11.9 Å². The Morgan fingerprint density at radius 3 is 2.78 bits per heavy atom. The zero-order valence-electron chi connectivity index (χ0n) is 13.9. The summed E-state index contributed by atoms with van der Waals surface area (Å²) in [5, 5.41) is 7.13. The third kappa shape index (κ3) is 4.48. The largest absolute Gasteiger partial charge is 0.492 e. The summed E-state index contributed by atoms with van der Waals surface area (Å²) in [6.45, 7) is 7.48. The van der Waals surface area contributed by atoms with Crippen LogP contribution in [-0.4, -0.2) is 22.9 Å². The molecule has 0 spiro atoms. The van der Waals surface area contributed by atoms with Gasteiger partial charge >= 0.3 is 0 Å². The van der Waals surface area contributed by atoms with E-state index in [9.17, 15) is 4.79 Å². The van der Waals surface area contributed by atoms with Crippen LogP contribution in [0.2, 0.25) is 5.02 Å². The maximum absolute atomic E-state index is 11.7. The number of rotatable bonds is 5. The summed E-state index contributed by atoms with van der Waals surface area (Å²) >= 11 is 5.99. The predicted molar refractivity (Wildman–Crippen MR) is 93.6 cm³/mol. The van der Waals surface area contributed by atoms with Gasteiger partial charge < -0.3 is 10.1 Å². The standard InChI is InChI=1S/C17H22ClN3O2/c1-17(2,3)12-6-5-7-13(10-12)23-9-8-19-14-11-20-21(4)16(22)15(14)18/h5-7,10-11,19H,8-9H2,1-4H3. The molecule has 6 heteroatoms. The molecule has 0 radical (unpaired) electrons. The molecule has 1 aromatic heterocycles. The summed E-state index contributed by atoms with van der Waals surface area (Å²) in [6, 6.07) is 8.07. The molecule has 0 aliphatic heterocycles. The minimum Gasteiger partial charge on any atom is -0.492 e. The SMILES string of the molecule is Cn1ncc(NCCOc2cccc(C(C)(C)C)c2)c(Cl)c1=O. The molecule has 0 atom stereocenters. The van der Waals surface area contributed by atoms with E-state index in [1.165, 1.54) is 16.4 Å². The van der Waals surface area contributed by atoms with Crippen molar-refractivity contribution in [1.29, 1.82) is 0 Å². The van der Waals surface area contributed by atoms with Crippen molar-refractivity contribution in [3.8, 4) is 5.75 Å².